The van der Waals surface area contributed by atoms with E-state index in [-0.39, 0.29) is 10.8 Å². The Hall–Kier alpha value is -2.16. The normalized spacial score (nSPS) is 16.5. The van der Waals surface area contributed by atoms with Crippen molar-refractivity contribution in [3.05, 3.63) is 54.0 Å². The molecule has 26 heavy (non-hydrogen) atoms. The maximum atomic E-state index is 12.5. The van der Waals surface area contributed by atoms with E-state index in [1.54, 1.807) is 6.07 Å². The van der Waals surface area contributed by atoms with Gasteiger partial charge < -0.3 is 14.8 Å². The van der Waals surface area contributed by atoms with Gasteiger partial charge in [0.15, 0.2) is 0 Å². The van der Waals surface area contributed by atoms with Crippen LogP contribution >= 0.6 is 0 Å². The van der Waals surface area contributed by atoms with Gasteiger partial charge in [-0.3, -0.25) is 4.79 Å². The quantitative estimate of drug-likeness (QED) is 0.767. The van der Waals surface area contributed by atoms with Gasteiger partial charge in [0.05, 0.1) is 23.5 Å². The predicted octanol–water partition coefficient (Wildman–Crippen LogP) is 1.92. The zero-order valence-electron chi connectivity index (χ0n) is 14.3. The Morgan fingerprint density at radius 1 is 1.19 bits per heavy atom. The molecule has 8 heteroatoms. The van der Waals surface area contributed by atoms with Crippen molar-refractivity contribution in [1.29, 1.82) is 0 Å². The molecule has 1 aromatic carbocycles. The van der Waals surface area contributed by atoms with E-state index in [1.807, 2.05) is 0 Å². The number of nitrogens with one attached hydrogen (secondary N) is 1. The molecule has 1 aliphatic heterocycles. The van der Waals surface area contributed by atoms with Crippen molar-refractivity contribution in [3.8, 4) is 0 Å². The van der Waals surface area contributed by atoms with E-state index < -0.39 is 16.1 Å². The van der Waals surface area contributed by atoms with Gasteiger partial charge >= 0.3 is 0 Å². The highest BCUT2D eigenvalue weighted by Gasteiger charge is 2.27. The highest BCUT2D eigenvalue weighted by molar-refractivity contribution is 7.89. The molecule has 2 heterocycles. The Labute approximate surface area is 152 Å². The number of nitrogens with zero attached hydrogens (tertiary/aromatic N) is 1. The molecule has 1 aromatic heterocycles. The average molecular weight is 378 g/mol. The number of hydrogen-bond acceptors (Lipinski definition) is 5. The van der Waals surface area contributed by atoms with Crippen molar-refractivity contribution in [3.63, 3.8) is 0 Å². The van der Waals surface area contributed by atoms with Gasteiger partial charge in [0, 0.05) is 30.8 Å². The summed E-state index contributed by atoms with van der Waals surface area (Å²) in [7, 11) is -3.47. The summed E-state index contributed by atoms with van der Waals surface area (Å²) in [5.74, 6) is -0.311. The molecule has 1 saturated heterocycles. The zero-order valence-corrected chi connectivity index (χ0v) is 15.1. The summed E-state index contributed by atoms with van der Waals surface area (Å²) in [5.41, 5.74) is 1.04. The van der Waals surface area contributed by atoms with Crippen molar-refractivity contribution >= 4 is 15.9 Å². The van der Waals surface area contributed by atoms with Crippen molar-refractivity contribution in [2.75, 3.05) is 19.6 Å². The van der Waals surface area contributed by atoms with E-state index in [0.717, 1.165) is 12.8 Å². The van der Waals surface area contributed by atoms with Crippen LogP contribution in [0.5, 0.6) is 0 Å². The van der Waals surface area contributed by atoms with E-state index in [1.165, 1.54) is 41.1 Å². The molecule has 3 rings (SSSR count). The third-order valence-corrected chi connectivity index (χ3v) is 6.36. The van der Waals surface area contributed by atoms with Gasteiger partial charge in [-0.1, -0.05) is 0 Å². The topological polar surface area (TPSA) is 99.8 Å². The summed E-state index contributed by atoms with van der Waals surface area (Å²) in [6, 6.07) is 7.60. The molecular weight excluding hydrogens is 356 g/mol. The molecule has 2 N–H and O–H groups in total. The lowest BCUT2D eigenvalue weighted by Gasteiger charge is -2.15. The Morgan fingerprint density at radius 3 is 2.50 bits per heavy atom. The Balaban J connectivity index is 1.55. The van der Waals surface area contributed by atoms with Crippen LogP contribution in [0.25, 0.3) is 0 Å². The molecule has 1 atom stereocenters. The maximum Gasteiger partial charge on any atom is 0.251 e. The average Bonchev–Trinajstić information content (AvgIpc) is 3.35. The van der Waals surface area contributed by atoms with Gasteiger partial charge in [0.25, 0.3) is 5.91 Å². The molecule has 7 nitrogen and oxygen atoms in total. The fourth-order valence-corrected chi connectivity index (χ4v) is 4.43. The zero-order chi connectivity index (χ0) is 18.6. The summed E-state index contributed by atoms with van der Waals surface area (Å²) in [6.07, 6.45) is 4.35. The number of aliphatic hydroxyl groups excluding tert-OH is 1. The fourth-order valence-electron chi connectivity index (χ4n) is 2.91. The first-order valence-corrected chi connectivity index (χ1v) is 10.0. The minimum Gasteiger partial charge on any atom is -0.472 e. The minimum atomic E-state index is -3.47. The smallest absolute Gasteiger partial charge is 0.251 e. The molecule has 1 fully saturated rings. The number of hydrogen-bond donors (Lipinski definition) is 2. The number of sulfonamides is 1. The number of aliphatic hydroxyl groups is 1. The lowest BCUT2D eigenvalue weighted by Crippen LogP contribution is -2.28. The SMILES string of the molecule is O=C(NCCC(O)c1ccoc1)c1ccc(S(=O)(=O)N2CCCC2)cc1. The van der Waals surface area contributed by atoms with Crippen LogP contribution in [0.3, 0.4) is 0 Å². The molecule has 1 amide bonds. The summed E-state index contributed by atoms with van der Waals surface area (Å²) in [4.78, 5) is 12.4. The van der Waals surface area contributed by atoms with E-state index in [0.29, 0.717) is 37.2 Å². The second-order valence-corrected chi connectivity index (χ2v) is 8.19. The highest BCUT2D eigenvalue weighted by Crippen LogP contribution is 2.21. The number of benzene rings is 1. The van der Waals surface area contributed by atoms with Crippen molar-refractivity contribution < 1.29 is 22.7 Å². The van der Waals surface area contributed by atoms with Crippen LogP contribution < -0.4 is 5.32 Å². The maximum absolute atomic E-state index is 12.5. The van der Waals surface area contributed by atoms with E-state index >= 15 is 0 Å². The highest BCUT2D eigenvalue weighted by atomic mass is 32.2. The summed E-state index contributed by atoms with van der Waals surface area (Å²) < 4.78 is 31.3. The molecule has 0 radical (unpaired) electrons. The van der Waals surface area contributed by atoms with Crippen LogP contribution in [0.1, 0.15) is 41.3 Å². The number of carbonyl (C=O) groups is 1. The standard InChI is InChI=1S/C18H22N2O5S/c21-17(15-8-12-25-13-15)7-9-19-18(22)14-3-5-16(6-4-14)26(23,24)20-10-1-2-11-20/h3-6,8,12-13,17,21H,1-2,7,9-11H2,(H,19,22). The van der Waals surface area contributed by atoms with Gasteiger partial charge in [-0.05, 0) is 49.6 Å². The van der Waals surface area contributed by atoms with Crippen LogP contribution in [-0.4, -0.2) is 43.4 Å². The van der Waals surface area contributed by atoms with Crippen molar-refractivity contribution in [2.45, 2.75) is 30.3 Å². The number of carbonyl (C=O) groups excluding carboxylic acids is 1. The number of rotatable bonds is 7. The van der Waals surface area contributed by atoms with Crippen molar-refractivity contribution in [1.82, 2.24) is 9.62 Å². The van der Waals surface area contributed by atoms with Crippen LogP contribution in [-0.2, 0) is 10.0 Å². The van der Waals surface area contributed by atoms with Gasteiger partial charge in [-0.2, -0.15) is 4.31 Å². The van der Waals surface area contributed by atoms with Gasteiger partial charge in [-0.25, -0.2) is 8.42 Å². The monoisotopic (exact) mass is 378 g/mol. The van der Waals surface area contributed by atoms with Crippen LogP contribution in [0.2, 0.25) is 0 Å². The van der Waals surface area contributed by atoms with Crippen molar-refractivity contribution in [2.24, 2.45) is 0 Å². The molecule has 0 saturated carbocycles. The van der Waals surface area contributed by atoms with E-state index in [2.05, 4.69) is 5.32 Å². The number of amides is 1. The molecular formula is C18H22N2O5S. The Morgan fingerprint density at radius 2 is 1.88 bits per heavy atom. The summed E-state index contributed by atoms with van der Waals surface area (Å²) >= 11 is 0. The lowest BCUT2D eigenvalue weighted by molar-refractivity contribution is 0.0942. The predicted molar refractivity (Wildman–Crippen MR) is 95.1 cm³/mol. The van der Waals surface area contributed by atoms with Gasteiger partial charge in [-0.15, -0.1) is 0 Å². The Bertz CT molecular complexity index is 825. The summed E-state index contributed by atoms with van der Waals surface area (Å²) in [6.45, 7) is 1.38. The second-order valence-electron chi connectivity index (χ2n) is 6.25. The third-order valence-electron chi connectivity index (χ3n) is 4.45. The molecule has 1 unspecified atom stereocenters. The molecule has 0 spiro atoms. The summed E-state index contributed by atoms with van der Waals surface area (Å²) in [5, 5.41) is 12.7. The second kappa shape index (κ2) is 8.03. The first-order chi connectivity index (χ1) is 12.5. The van der Waals surface area contributed by atoms with E-state index in [4.69, 9.17) is 4.42 Å². The van der Waals surface area contributed by atoms with Crippen LogP contribution in [0.15, 0.2) is 52.2 Å². The molecule has 0 aliphatic carbocycles. The molecule has 1 aliphatic rings. The lowest BCUT2D eigenvalue weighted by atomic mass is 10.1. The number of furan rings is 1. The van der Waals surface area contributed by atoms with Crippen LogP contribution in [0, 0.1) is 0 Å². The molecule has 140 valence electrons. The van der Waals surface area contributed by atoms with E-state index in [9.17, 15) is 18.3 Å². The van der Waals surface area contributed by atoms with Gasteiger partial charge in [0.2, 0.25) is 10.0 Å². The largest absolute Gasteiger partial charge is 0.472 e. The van der Waals surface area contributed by atoms with Crippen LogP contribution in [0.4, 0.5) is 0 Å². The third kappa shape index (κ3) is 4.14. The van der Waals surface area contributed by atoms with Gasteiger partial charge in [0.1, 0.15) is 0 Å². The minimum absolute atomic E-state index is 0.200. The Kier molecular flexibility index (Phi) is 5.75. The molecule has 2 aromatic rings. The molecule has 0 bridgehead atoms. The fraction of sp³-hybridized carbons (Fsp3) is 0.389. The first kappa shape index (κ1) is 18.6. The first-order valence-electron chi connectivity index (χ1n) is 8.57.